The fraction of sp³-hybridized carbons (Fsp3) is 0.714. The molecule has 3 saturated heterocycles. The first-order valence-corrected chi connectivity index (χ1v) is 8.29. The molecule has 1 unspecified atom stereocenters. The normalized spacial score (nSPS) is 26.1. The van der Waals surface area contributed by atoms with Gasteiger partial charge in [-0.3, -0.25) is 0 Å². The van der Waals surface area contributed by atoms with Gasteiger partial charge in [0.1, 0.15) is 10.8 Å². The number of hydrogen-bond acceptors (Lipinski definition) is 6. The predicted octanol–water partition coefficient (Wildman–Crippen LogP) is 1.46. The van der Waals surface area contributed by atoms with Gasteiger partial charge < -0.3 is 15.1 Å². The number of carboxylic acid groups (broad SMARTS) is 2. The monoisotopic (exact) mass is 327 g/mol. The molecule has 2 bridgehead atoms. The van der Waals surface area contributed by atoms with Crippen molar-refractivity contribution in [1.82, 2.24) is 14.3 Å². The second-order valence-electron chi connectivity index (χ2n) is 5.65. The molecular weight excluding hydrogens is 306 g/mol. The lowest BCUT2D eigenvalue weighted by molar-refractivity contribution is -0.159. The van der Waals surface area contributed by atoms with Gasteiger partial charge in [-0.05, 0) is 49.8 Å². The molecule has 3 aliphatic rings. The van der Waals surface area contributed by atoms with Gasteiger partial charge in [-0.1, -0.05) is 6.92 Å². The van der Waals surface area contributed by atoms with Crippen molar-refractivity contribution in [2.24, 2.45) is 5.92 Å². The Balaban J connectivity index is 0.000000254. The Bertz CT molecular complexity index is 514. The van der Waals surface area contributed by atoms with Crippen molar-refractivity contribution in [3.8, 4) is 0 Å². The summed E-state index contributed by atoms with van der Waals surface area (Å²) >= 11 is 1.65. The van der Waals surface area contributed by atoms with E-state index in [1.54, 1.807) is 11.5 Å². The molecule has 8 heteroatoms. The van der Waals surface area contributed by atoms with Gasteiger partial charge in [0.25, 0.3) is 0 Å². The summed E-state index contributed by atoms with van der Waals surface area (Å²) in [6, 6.07) is 0. The highest BCUT2D eigenvalue weighted by Crippen LogP contribution is 2.39. The van der Waals surface area contributed by atoms with E-state index >= 15 is 0 Å². The SMILES string of the molecule is CCCc1nsc(C2CN3CCC2CC3)n1.O=C(O)C(=O)O. The molecule has 1 atom stereocenters. The predicted molar refractivity (Wildman–Crippen MR) is 81.1 cm³/mol. The molecule has 4 rings (SSSR count). The summed E-state index contributed by atoms with van der Waals surface area (Å²) in [5.74, 6) is -1.01. The van der Waals surface area contributed by atoms with Crippen LogP contribution in [0, 0.1) is 5.92 Å². The topological polar surface area (TPSA) is 104 Å². The molecule has 3 fully saturated rings. The summed E-state index contributed by atoms with van der Waals surface area (Å²) in [5.41, 5.74) is 0. The number of nitrogens with zero attached hydrogens (tertiary/aromatic N) is 3. The highest BCUT2D eigenvalue weighted by Gasteiger charge is 2.36. The molecule has 2 N–H and O–H groups in total. The lowest BCUT2D eigenvalue weighted by Gasteiger charge is -2.43. The van der Waals surface area contributed by atoms with Crippen LogP contribution in [0.3, 0.4) is 0 Å². The lowest BCUT2D eigenvalue weighted by Crippen LogP contribution is -2.46. The van der Waals surface area contributed by atoms with Crippen LogP contribution in [0.15, 0.2) is 0 Å². The van der Waals surface area contributed by atoms with Gasteiger partial charge in [-0.25, -0.2) is 14.6 Å². The molecule has 4 heterocycles. The number of carboxylic acids is 2. The maximum Gasteiger partial charge on any atom is 0.414 e. The number of aliphatic carboxylic acids is 2. The Labute approximate surface area is 133 Å². The van der Waals surface area contributed by atoms with Crippen molar-refractivity contribution in [3.05, 3.63) is 10.8 Å². The van der Waals surface area contributed by atoms with Gasteiger partial charge in [0.05, 0.1) is 0 Å². The van der Waals surface area contributed by atoms with E-state index in [4.69, 9.17) is 24.8 Å². The Morgan fingerprint density at radius 3 is 2.36 bits per heavy atom. The van der Waals surface area contributed by atoms with Crippen LogP contribution in [0.4, 0.5) is 0 Å². The van der Waals surface area contributed by atoms with Crippen molar-refractivity contribution in [3.63, 3.8) is 0 Å². The molecule has 22 heavy (non-hydrogen) atoms. The number of fused-ring (bicyclic) bond motifs is 3. The van der Waals surface area contributed by atoms with Crippen LogP contribution in [0.1, 0.15) is 42.9 Å². The van der Waals surface area contributed by atoms with E-state index in [1.165, 1.54) is 37.5 Å². The van der Waals surface area contributed by atoms with E-state index in [9.17, 15) is 0 Å². The standard InChI is InChI=1S/C12H19N3S.C2H2O4/c1-2-3-11-13-12(16-14-11)10-8-15-6-4-9(10)5-7-15;3-1(4)2(5)6/h9-10H,2-8H2,1H3;(H,3,4)(H,5,6). The zero-order valence-corrected chi connectivity index (χ0v) is 13.4. The van der Waals surface area contributed by atoms with Crippen molar-refractivity contribution in [2.45, 2.75) is 38.5 Å². The molecule has 0 aromatic carbocycles. The summed E-state index contributed by atoms with van der Waals surface area (Å²) < 4.78 is 4.48. The number of hydrogen-bond donors (Lipinski definition) is 2. The van der Waals surface area contributed by atoms with Crippen molar-refractivity contribution < 1.29 is 19.8 Å². The van der Waals surface area contributed by atoms with Gasteiger partial charge in [-0.15, -0.1) is 0 Å². The van der Waals surface area contributed by atoms with E-state index in [0.29, 0.717) is 5.92 Å². The Morgan fingerprint density at radius 1 is 1.27 bits per heavy atom. The lowest BCUT2D eigenvalue weighted by atomic mass is 9.79. The Kier molecular flexibility index (Phi) is 5.84. The first-order valence-electron chi connectivity index (χ1n) is 7.52. The van der Waals surface area contributed by atoms with E-state index in [1.807, 2.05) is 0 Å². The summed E-state index contributed by atoms with van der Waals surface area (Å²) in [7, 11) is 0. The molecule has 1 aromatic heterocycles. The quantitative estimate of drug-likeness (QED) is 0.810. The minimum absolute atomic E-state index is 0.686. The fourth-order valence-electron chi connectivity index (χ4n) is 2.99. The zero-order chi connectivity index (χ0) is 16.1. The first kappa shape index (κ1) is 16.8. The summed E-state index contributed by atoms with van der Waals surface area (Å²) in [6.07, 6.45) is 4.93. The smallest absolute Gasteiger partial charge is 0.414 e. The van der Waals surface area contributed by atoms with Gasteiger partial charge in [0.2, 0.25) is 0 Å². The molecule has 122 valence electrons. The fourth-order valence-corrected chi connectivity index (χ4v) is 3.87. The zero-order valence-electron chi connectivity index (χ0n) is 12.6. The Hall–Kier alpha value is -1.54. The minimum atomic E-state index is -1.82. The van der Waals surface area contributed by atoms with E-state index in [0.717, 1.165) is 24.6 Å². The van der Waals surface area contributed by atoms with E-state index in [-0.39, 0.29) is 0 Å². The molecule has 0 spiro atoms. The van der Waals surface area contributed by atoms with Gasteiger partial charge >= 0.3 is 11.9 Å². The number of aromatic nitrogens is 2. The molecular formula is C14H21N3O4S. The van der Waals surface area contributed by atoms with Gasteiger partial charge in [-0.2, -0.15) is 4.37 Å². The van der Waals surface area contributed by atoms with Crippen LogP contribution in [-0.2, 0) is 16.0 Å². The third-order valence-corrected chi connectivity index (χ3v) is 5.00. The van der Waals surface area contributed by atoms with E-state index in [2.05, 4.69) is 16.2 Å². The third-order valence-electron chi connectivity index (χ3n) is 4.11. The Morgan fingerprint density at radius 2 is 1.91 bits per heavy atom. The van der Waals surface area contributed by atoms with Crippen LogP contribution in [0.2, 0.25) is 0 Å². The van der Waals surface area contributed by atoms with Crippen molar-refractivity contribution >= 4 is 23.5 Å². The van der Waals surface area contributed by atoms with Crippen LogP contribution in [-0.4, -0.2) is 56.0 Å². The number of piperidine rings is 3. The molecule has 0 aliphatic carbocycles. The third kappa shape index (κ3) is 4.23. The molecule has 3 aliphatic heterocycles. The highest BCUT2D eigenvalue weighted by molar-refractivity contribution is 7.05. The van der Waals surface area contributed by atoms with Crippen LogP contribution in [0.5, 0.6) is 0 Å². The highest BCUT2D eigenvalue weighted by atomic mass is 32.1. The van der Waals surface area contributed by atoms with Crippen LogP contribution in [0.25, 0.3) is 0 Å². The molecule has 0 radical (unpaired) electrons. The molecule has 7 nitrogen and oxygen atoms in total. The largest absolute Gasteiger partial charge is 0.473 e. The van der Waals surface area contributed by atoms with Crippen molar-refractivity contribution in [2.75, 3.05) is 19.6 Å². The van der Waals surface area contributed by atoms with Crippen molar-refractivity contribution in [1.29, 1.82) is 0 Å². The average molecular weight is 327 g/mol. The van der Waals surface area contributed by atoms with Gasteiger partial charge in [0.15, 0.2) is 0 Å². The molecule has 0 amide bonds. The second-order valence-corrected chi connectivity index (χ2v) is 6.44. The van der Waals surface area contributed by atoms with Gasteiger partial charge in [0, 0.05) is 18.9 Å². The first-order chi connectivity index (χ1) is 10.5. The average Bonchev–Trinajstić information content (AvgIpc) is 2.98. The van der Waals surface area contributed by atoms with E-state index < -0.39 is 11.9 Å². The summed E-state index contributed by atoms with van der Waals surface area (Å²) in [6.45, 7) is 6.03. The molecule has 0 saturated carbocycles. The minimum Gasteiger partial charge on any atom is -0.473 e. The summed E-state index contributed by atoms with van der Waals surface area (Å²) in [5, 5.41) is 16.1. The van der Waals surface area contributed by atoms with Crippen LogP contribution >= 0.6 is 11.5 Å². The number of carbonyl (C=O) groups is 2. The maximum atomic E-state index is 9.10. The second kappa shape index (κ2) is 7.64. The summed E-state index contributed by atoms with van der Waals surface area (Å²) in [4.78, 5) is 25.5. The number of rotatable bonds is 3. The molecule has 1 aromatic rings. The number of aryl methyl sites for hydroxylation is 1. The maximum absolute atomic E-state index is 9.10. The van der Waals surface area contributed by atoms with Crippen LogP contribution < -0.4 is 0 Å².